The van der Waals surface area contributed by atoms with E-state index in [0.717, 1.165) is 11.1 Å². The smallest absolute Gasteiger partial charge is 0.251 e. The minimum atomic E-state index is -0.579. The molecular formula is C17H17NO3. The number of carbonyl (C=O) groups is 1. The van der Waals surface area contributed by atoms with Gasteiger partial charge in [0.15, 0.2) is 0 Å². The van der Waals surface area contributed by atoms with E-state index in [2.05, 4.69) is 5.32 Å². The van der Waals surface area contributed by atoms with Gasteiger partial charge < -0.3 is 15.2 Å². The molecule has 2 N–H and O–H groups in total. The molecular weight excluding hydrogens is 266 g/mol. The van der Waals surface area contributed by atoms with Crippen molar-refractivity contribution in [3.63, 3.8) is 0 Å². The second-order valence-corrected chi connectivity index (χ2v) is 5.15. The molecule has 0 unspecified atom stereocenters. The molecule has 2 aromatic carbocycles. The lowest BCUT2D eigenvalue weighted by atomic mass is 10.1. The van der Waals surface area contributed by atoms with Crippen LogP contribution in [0.1, 0.15) is 27.5 Å². The number of aliphatic hydroxyl groups excluding tert-OH is 1. The van der Waals surface area contributed by atoms with E-state index < -0.39 is 6.10 Å². The maximum Gasteiger partial charge on any atom is 0.251 e. The van der Waals surface area contributed by atoms with E-state index in [9.17, 15) is 9.90 Å². The van der Waals surface area contributed by atoms with E-state index in [1.807, 2.05) is 24.3 Å². The van der Waals surface area contributed by atoms with E-state index in [1.165, 1.54) is 0 Å². The number of hydrogen-bond donors (Lipinski definition) is 2. The number of ether oxygens (including phenoxy) is 1. The second kappa shape index (κ2) is 5.58. The predicted molar refractivity (Wildman–Crippen MR) is 79.4 cm³/mol. The van der Waals surface area contributed by atoms with Crippen molar-refractivity contribution in [3.8, 4) is 5.75 Å². The highest BCUT2D eigenvalue weighted by Gasteiger charge is 2.31. The Labute approximate surface area is 123 Å². The Kier molecular flexibility index (Phi) is 3.62. The van der Waals surface area contributed by atoms with Crippen LogP contribution in [0.5, 0.6) is 5.75 Å². The molecule has 0 spiro atoms. The summed E-state index contributed by atoms with van der Waals surface area (Å²) in [7, 11) is 1.58. The number of fused-ring (bicyclic) bond motifs is 1. The number of benzene rings is 2. The first-order valence-electron chi connectivity index (χ1n) is 6.90. The van der Waals surface area contributed by atoms with Gasteiger partial charge in [-0.15, -0.1) is 0 Å². The molecule has 1 amide bonds. The molecule has 2 aromatic rings. The number of nitrogens with one attached hydrogen (secondary N) is 1. The Balaban J connectivity index is 1.78. The maximum absolute atomic E-state index is 12.3. The molecule has 0 heterocycles. The van der Waals surface area contributed by atoms with Crippen molar-refractivity contribution < 1.29 is 14.6 Å². The van der Waals surface area contributed by atoms with Crippen LogP contribution < -0.4 is 10.1 Å². The van der Waals surface area contributed by atoms with Gasteiger partial charge >= 0.3 is 0 Å². The number of carbonyl (C=O) groups excluding carboxylic acids is 1. The lowest BCUT2D eigenvalue weighted by Gasteiger charge is -2.18. The Morgan fingerprint density at radius 1 is 1.19 bits per heavy atom. The first-order valence-corrected chi connectivity index (χ1v) is 6.90. The number of rotatable bonds is 3. The van der Waals surface area contributed by atoms with Crippen LogP contribution in [0.15, 0.2) is 48.5 Å². The zero-order valence-electron chi connectivity index (χ0n) is 11.7. The standard InChI is InChI=1S/C17H17NO3/c1-21-13-8-6-11(7-9-13)17(20)18-16-14-5-3-2-4-12(14)10-15(16)19/h2-9,15-16,19H,10H2,1H3,(H,18,20)/t15-,16-/m1/s1. The molecule has 3 rings (SSSR count). The van der Waals surface area contributed by atoms with E-state index in [-0.39, 0.29) is 11.9 Å². The van der Waals surface area contributed by atoms with Gasteiger partial charge in [-0.25, -0.2) is 0 Å². The molecule has 21 heavy (non-hydrogen) atoms. The summed E-state index contributed by atoms with van der Waals surface area (Å²) in [5, 5.41) is 13.1. The molecule has 4 heteroatoms. The van der Waals surface area contributed by atoms with Crippen molar-refractivity contribution in [1.82, 2.24) is 5.32 Å². The topological polar surface area (TPSA) is 58.6 Å². The first kappa shape index (κ1) is 13.6. The Morgan fingerprint density at radius 2 is 1.90 bits per heavy atom. The number of hydrogen-bond acceptors (Lipinski definition) is 3. The average Bonchev–Trinajstić information content (AvgIpc) is 2.83. The highest BCUT2D eigenvalue weighted by atomic mass is 16.5. The van der Waals surface area contributed by atoms with Crippen LogP contribution in [-0.2, 0) is 6.42 Å². The van der Waals surface area contributed by atoms with Gasteiger partial charge in [0.05, 0.1) is 19.3 Å². The van der Waals surface area contributed by atoms with Gasteiger partial charge in [-0.1, -0.05) is 24.3 Å². The van der Waals surface area contributed by atoms with E-state index >= 15 is 0 Å². The van der Waals surface area contributed by atoms with Gasteiger partial charge in [-0.2, -0.15) is 0 Å². The zero-order chi connectivity index (χ0) is 14.8. The van der Waals surface area contributed by atoms with Crippen LogP contribution in [0, 0.1) is 0 Å². The fraction of sp³-hybridized carbons (Fsp3) is 0.235. The van der Waals surface area contributed by atoms with Crippen molar-refractivity contribution >= 4 is 5.91 Å². The van der Waals surface area contributed by atoms with Crippen LogP contribution in [0.3, 0.4) is 0 Å². The minimum absolute atomic E-state index is 0.196. The summed E-state index contributed by atoms with van der Waals surface area (Å²) in [6.45, 7) is 0. The van der Waals surface area contributed by atoms with Crippen LogP contribution >= 0.6 is 0 Å². The highest BCUT2D eigenvalue weighted by molar-refractivity contribution is 5.94. The van der Waals surface area contributed by atoms with Crippen molar-refractivity contribution in [1.29, 1.82) is 0 Å². The SMILES string of the molecule is COc1ccc(C(=O)N[C@@H]2c3ccccc3C[C@H]2O)cc1. The lowest BCUT2D eigenvalue weighted by Crippen LogP contribution is -2.33. The quantitative estimate of drug-likeness (QED) is 0.906. The van der Waals surface area contributed by atoms with Gasteiger partial charge in [-0.3, -0.25) is 4.79 Å². The third kappa shape index (κ3) is 2.62. The molecule has 0 fully saturated rings. The predicted octanol–water partition coefficient (Wildman–Crippen LogP) is 2.08. The summed E-state index contributed by atoms with van der Waals surface area (Å²) in [6, 6.07) is 14.4. The van der Waals surface area contributed by atoms with Gasteiger partial charge in [0.2, 0.25) is 0 Å². The minimum Gasteiger partial charge on any atom is -0.497 e. The third-order valence-electron chi connectivity index (χ3n) is 3.84. The van der Waals surface area contributed by atoms with Gasteiger partial charge in [0, 0.05) is 12.0 Å². The molecule has 1 aliphatic rings. The number of aliphatic hydroxyl groups is 1. The zero-order valence-corrected chi connectivity index (χ0v) is 11.7. The van der Waals surface area contributed by atoms with Gasteiger partial charge in [0.1, 0.15) is 5.75 Å². The summed E-state index contributed by atoms with van der Waals surface area (Å²) in [6.07, 6.45) is -0.00593. The van der Waals surface area contributed by atoms with E-state index in [0.29, 0.717) is 17.7 Å². The molecule has 2 atom stereocenters. The molecule has 0 saturated carbocycles. The molecule has 108 valence electrons. The van der Waals surface area contributed by atoms with E-state index in [4.69, 9.17) is 4.74 Å². The summed E-state index contributed by atoms with van der Waals surface area (Å²) in [5.74, 6) is 0.510. The van der Waals surface area contributed by atoms with Crippen LogP contribution in [-0.4, -0.2) is 24.2 Å². The average molecular weight is 283 g/mol. The fourth-order valence-corrected chi connectivity index (χ4v) is 2.71. The highest BCUT2D eigenvalue weighted by Crippen LogP contribution is 2.31. The fourth-order valence-electron chi connectivity index (χ4n) is 2.71. The molecule has 0 aromatic heterocycles. The Bertz CT molecular complexity index is 651. The third-order valence-corrected chi connectivity index (χ3v) is 3.84. The van der Waals surface area contributed by atoms with Crippen molar-refractivity contribution in [2.75, 3.05) is 7.11 Å². The van der Waals surface area contributed by atoms with Crippen LogP contribution in [0.25, 0.3) is 0 Å². The summed E-state index contributed by atoms with van der Waals surface area (Å²) < 4.78 is 5.07. The van der Waals surface area contributed by atoms with Gasteiger partial charge in [-0.05, 0) is 35.4 Å². The van der Waals surface area contributed by atoms with E-state index in [1.54, 1.807) is 31.4 Å². The molecule has 0 bridgehead atoms. The number of methoxy groups -OCH3 is 1. The molecule has 0 radical (unpaired) electrons. The molecule has 4 nitrogen and oxygen atoms in total. The maximum atomic E-state index is 12.3. The Morgan fingerprint density at radius 3 is 2.62 bits per heavy atom. The van der Waals surface area contributed by atoms with Crippen LogP contribution in [0.4, 0.5) is 0 Å². The monoisotopic (exact) mass is 283 g/mol. The van der Waals surface area contributed by atoms with Crippen molar-refractivity contribution in [3.05, 3.63) is 65.2 Å². The first-order chi connectivity index (χ1) is 10.2. The molecule has 1 aliphatic carbocycles. The Hall–Kier alpha value is -2.33. The summed E-state index contributed by atoms with van der Waals surface area (Å²) in [4.78, 5) is 12.3. The van der Waals surface area contributed by atoms with Crippen LogP contribution in [0.2, 0.25) is 0 Å². The number of amides is 1. The van der Waals surface area contributed by atoms with Crippen molar-refractivity contribution in [2.45, 2.75) is 18.6 Å². The largest absolute Gasteiger partial charge is 0.497 e. The second-order valence-electron chi connectivity index (χ2n) is 5.15. The lowest BCUT2D eigenvalue weighted by molar-refractivity contribution is 0.0858. The molecule has 0 saturated heterocycles. The normalized spacial score (nSPS) is 19.9. The van der Waals surface area contributed by atoms with Gasteiger partial charge in [0.25, 0.3) is 5.91 Å². The van der Waals surface area contributed by atoms with Crippen molar-refractivity contribution in [2.24, 2.45) is 0 Å². The summed E-state index contributed by atoms with van der Waals surface area (Å²) in [5.41, 5.74) is 2.63. The molecule has 0 aliphatic heterocycles. The summed E-state index contributed by atoms with van der Waals surface area (Å²) >= 11 is 0.